The van der Waals surface area contributed by atoms with Crippen LogP contribution in [0, 0.1) is 11.3 Å². The highest BCUT2D eigenvalue weighted by Gasteiger charge is 2.39. The number of Topliss-reactive ketones (excluding diaryl/α,β-unsaturated/α-hetero) is 1. The maximum atomic E-state index is 11.6. The molecule has 1 fully saturated rings. The third-order valence-corrected chi connectivity index (χ3v) is 3.70. The molecule has 0 N–H and O–H groups in total. The molecule has 1 nitrogen and oxygen atoms in total. The number of allylic oxidation sites excluding steroid dienone is 2. The molecule has 0 unspecified atom stereocenters. The first-order valence-electron chi connectivity index (χ1n) is 5.34. The highest BCUT2D eigenvalue weighted by Crippen LogP contribution is 2.46. The first-order valence-corrected chi connectivity index (χ1v) is 5.34. The van der Waals surface area contributed by atoms with Gasteiger partial charge >= 0.3 is 0 Å². The van der Waals surface area contributed by atoms with Crippen LogP contribution in [0.2, 0.25) is 0 Å². The van der Waals surface area contributed by atoms with Gasteiger partial charge in [0, 0.05) is 6.42 Å². The predicted octanol–water partition coefficient (Wildman–Crippen LogP) is 3.10. The molecule has 0 aromatic rings. The van der Waals surface area contributed by atoms with Crippen LogP contribution >= 0.6 is 0 Å². The van der Waals surface area contributed by atoms with E-state index >= 15 is 0 Å². The van der Waals surface area contributed by atoms with Gasteiger partial charge in [0.1, 0.15) is 0 Å². The minimum atomic E-state index is 0.361. The zero-order valence-corrected chi connectivity index (χ0v) is 8.60. The topological polar surface area (TPSA) is 17.1 Å². The van der Waals surface area contributed by atoms with E-state index in [-0.39, 0.29) is 0 Å². The van der Waals surface area contributed by atoms with Gasteiger partial charge in [-0.1, -0.05) is 19.9 Å². The Morgan fingerprint density at radius 3 is 2.92 bits per heavy atom. The smallest absolute Gasteiger partial charge is 0.158 e. The molecular weight excluding hydrogens is 160 g/mol. The van der Waals surface area contributed by atoms with Gasteiger partial charge in [-0.05, 0) is 42.6 Å². The minimum absolute atomic E-state index is 0.361. The van der Waals surface area contributed by atoms with Gasteiger partial charge in [-0.25, -0.2) is 0 Å². The van der Waals surface area contributed by atoms with Crippen molar-refractivity contribution in [1.29, 1.82) is 0 Å². The second kappa shape index (κ2) is 2.97. The first kappa shape index (κ1) is 8.98. The van der Waals surface area contributed by atoms with Gasteiger partial charge in [-0.15, -0.1) is 0 Å². The normalized spacial score (nSPS) is 32.3. The largest absolute Gasteiger partial charge is 0.295 e. The number of hydrogen-bond acceptors (Lipinski definition) is 1. The molecule has 1 saturated carbocycles. The molecule has 13 heavy (non-hydrogen) atoms. The number of ketones is 1. The fraction of sp³-hybridized carbons (Fsp3) is 0.750. The highest BCUT2D eigenvalue weighted by molar-refractivity contribution is 5.97. The van der Waals surface area contributed by atoms with Crippen molar-refractivity contribution in [2.75, 3.05) is 0 Å². The summed E-state index contributed by atoms with van der Waals surface area (Å²) in [7, 11) is 0. The van der Waals surface area contributed by atoms with Gasteiger partial charge in [0.25, 0.3) is 0 Å². The van der Waals surface area contributed by atoms with Gasteiger partial charge in [-0.3, -0.25) is 4.79 Å². The molecule has 0 aromatic heterocycles. The Hall–Kier alpha value is -0.590. The molecule has 2 aliphatic carbocycles. The van der Waals surface area contributed by atoms with E-state index in [0.717, 1.165) is 24.8 Å². The second-order valence-electron chi connectivity index (χ2n) is 5.05. The third kappa shape index (κ3) is 1.45. The van der Waals surface area contributed by atoms with E-state index in [9.17, 15) is 4.79 Å². The van der Waals surface area contributed by atoms with Crippen molar-refractivity contribution in [3.63, 3.8) is 0 Å². The molecule has 2 aliphatic rings. The predicted molar refractivity (Wildman–Crippen MR) is 53.4 cm³/mol. The number of hydrogen-bond donors (Lipinski definition) is 0. The molecule has 0 spiro atoms. The van der Waals surface area contributed by atoms with Gasteiger partial charge in [0.15, 0.2) is 5.78 Å². The lowest BCUT2D eigenvalue weighted by atomic mass is 9.62. The van der Waals surface area contributed by atoms with Crippen LogP contribution < -0.4 is 0 Å². The van der Waals surface area contributed by atoms with Gasteiger partial charge in [0.2, 0.25) is 0 Å². The molecule has 2 rings (SSSR count). The van der Waals surface area contributed by atoms with Crippen molar-refractivity contribution in [2.45, 2.75) is 46.0 Å². The monoisotopic (exact) mass is 178 g/mol. The summed E-state index contributed by atoms with van der Waals surface area (Å²) in [5.74, 6) is 0.978. The fourth-order valence-corrected chi connectivity index (χ4v) is 2.75. The number of fused-ring (bicyclic) bond motifs is 1. The zero-order valence-electron chi connectivity index (χ0n) is 8.60. The van der Waals surface area contributed by atoms with Gasteiger partial charge < -0.3 is 0 Å². The van der Waals surface area contributed by atoms with Crippen molar-refractivity contribution in [1.82, 2.24) is 0 Å². The van der Waals surface area contributed by atoms with Crippen LogP contribution in [0.25, 0.3) is 0 Å². The average Bonchev–Trinajstić information content (AvgIpc) is 2.13. The maximum absolute atomic E-state index is 11.6. The summed E-state index contributed by atoms with van der Waals surface area (Å²) in [6, 6.07) is 0. The van der Waals surface area contributed by atoms with Crippen molar-refractivity contribution in [3.8, 4) is 0 Å². The van der Waals surface area contributed by atoms with Gasteiger partial charge in [-0.2, -0.15) is 0 Å². The number of carbonyl (C=O) groups is 1. The van der Waals surface area contributed by atoms with E-state index in [1.165, 1.54) is 12.8 Å². The van der Waals surface area contributed by atoms with E-state index < -0.39 is 0 Å². The molecular formula is C12H18O. The third-order valence-electron chi connectivity index (χ3n) is 3.70. The lowest BCUT2D eigenvalue weighted by molar-refractivity contribution is -0.119. The van der Waals surface area contributed by atoms with Crippen LogP contribution in [0.4, 0.5) is 0 Å². The molecule has 0 amide bonds. The molecule has 1 heteroatoms. The van der Waals surface area contributed by atoms with Crippen molar-refractivity contribution >= 4 is 5.78 Å². The summed E-state index contributed by atoms with van der Waals surface area (Å²) in [5.41, 5.74) is 1.52. The van der Waals surface area contributed by atoms with Crippen LogP contribution in [0.1, 0.15) is 46.0 Å². The fourth-order valence-electron chi connectivity index (χ4n) is 2.75. The Morgan fingerprint density at radius 1 is 1.46 bits per heavy atom. The lowest BCUT2D eigenvalue weighted by Gasteiger charge is -2.41. The Bertz CT molecular complexity index is 260. The molecule has 0 bridgehead atoms. The standard InChI is InChI=1S/C12H18O/c1-12(2)8-7-11(13)9-5-3-4-6-10(9)12/h5,10H,3-4,6-8H2,1-2H3/t10-/m1/s1. The molecule has 0 saturated heterocycles. The molecule has 0 radical (unpaired) electrons. The summed E-state index contributed by atoms with van der Waals surface area (Å²) in [5, 5.41) is 0. The quantitative estimate of drug-likeness (QED) is 0.557. The second-order valence-corrected chi connectivity index (χ2v) is 5.05. The Balaban J connectivity index is 2.32. The summed E-state index contributed by atoms with van der Waals surface area (Å²) in [4.78, 5) is 11.6. The summed E-state index contributed by atoms with van der Waals surface area (Å²) < 4.78 is 0. The molecule has 1 atom stereocenters. The first-order chi connectivity index (χ1) is 6.11. The van der Waals surface area contributed by atoms with E-state index in [2.05, 4.69) is 19.9 Å². The van der Waals surface area contributed by atoms with E-state index in [0.29, 0.717) is 17.1 Å². The number of carbonyl (C=O) groups excluding carboxylic acids is 1. The SMILES string of the molecule is CC1(C)CCC(=O)C2=CCCC[C@H]21. The highest BCUT2D eigenvalue weighted by atomic mass is 16.1. The summed E-state index contributed by atoms with van der Waals surface area (Å²) >= 11 is 0. The molecule has 0 aromatic carbocycles. The minimum Gasteiger partial charge on any atom is -0.295 e. The molecule has 72 valence electrons. The molecule has 0 aliphatic heterocycles. The summed E-state index contributed by atoms with van der Waals surface area (Å²) in [6.45, 7) is 4.62. The van der Waals surface area contributed by atoms with Gasteiger partial charge in [0.05, 0.1) is 0 Å². The van der Waals surface area contributed by atoms with E-state index in [1.54, 1.807) is 0 Å². The Kier molecular flexibility index (Phi) is 2.05. The van der Waals surface area contributed by atoms with Crippen LogP contribution in [0.5, 0.6) is 0 Å². The van der Waals surface area contributed by atoms with Crippen molar-refractivity contribution in [3.05, 3.63) is 11.6 Å². The van der Waals surface area contributed by atoms with Crippen molar-refractivity contribution < 1.29 is 4.79 Å². The Labute approximate surface area is 80.2 Å². The van der Waals surface area contributed by atoms with Crippen LogP contribution in [0.15, 0.2) is 11.6 Å². The average molecular weight is 178 g/mol. The van der Waals surface area contributed by atoms with Crippen LogP contribution in [0.3, 0.4) is 0 Å². The van der Waals surface area contributed by atoms with Crippen LogP contribution in [-0.2, 0) is 4.79 Å². The summed E-state index contributed by atoms with van der Waals surface area (Å²) in [6.07, 6.45) is 7.66. The maximum Gasteiger partial charge on any atom is 0.158 e. The number of rotatable bonds is 0. The Morgan fingerprint density at radius 2 is 2.23 bits per heavy atom. The van der Waals surface area contributed by atoms with Crippen molar-refractivity contribution in [2.24, 2.45) is 11.3 Å². The van der Waals surface area contributed by atoms with Crippen LogP contribution in [-0.4, -0.2) is 5.78 Å². The molecule has 0 heterocycles. The van der Waals surface area contributed by atoms with E-state index in [1.807, 2.05) is 0 Å². The zero-order chi connectivity index (χ0) is 9.47. The lowest BCUT2D eigenvalue weighted by Crippen LogP contribution is -2.35. The van der Waals surface area contributed by atoms with E-state index in [4.69, 9.17) is 0 Å².